The maximum atomic E-state index is 5.79. The van der Waals surface area contributed by atoms with Gasteiger partial charge in [0.25, 0.3) is 0 Å². The van der Waals surface area contributed by atoms with Gasteiger partial charge in [0.15, 0.2) is 0 Å². The van der Waals surface area contributed by atoms with Gasteiger partial charge in [-0.15, -0.1) is 0 Å². The Morgan fingerprint density at radius 1 is 1.57 bits per heavy atom. The van der Waals surface area contributed by atoms with E-state index in [1.165, 1.54) is 0 Å². The third-order valence-electron chi connectivity index (χ3n) is 2.40. The standard InChI is InChI=1S/C10H18ClN3/c1-4-8(2)12-5-9(3)14-7-10(11)6-13-14/h6-9,12H,4-5H2,1-3H3. The van der Waals surface area contributed by atoms with Crippen LogP contribution in [-0.4, -0.2) is 22.4 Å². The van der Waals surface area contributed by atoms with Crippen LogP contribution in [0.15, 0.2) is 12.4 Å². The Kier molecular flexibility index (Phi) is 4.42. The van der Waals surface area contributed by atoms with Gasteiger partial charge in [0.05, 0.1) is 17.3 Å². The van der Waals surface area contributed by atoms with Crippen LogP contribution in [0.4, 0.5) is 0 Å². The number of rotatable bonds is 5. The lowest BCUT2D eigenvalue weighted by atomic mass is 10.2. The van der Waals surface area contributed by atoms with Crippen molar-refractivity contribution in [2.24, 2.45) is 0 Å². The molecule has 0 bridgehead atoms. The molecule has 4 heteroatoms. The van der Waals surface area contributed by atoms with Gasteiger partial charge in [-0.25, -0.2) is 0 Å². The van der Waals surface area contributed by atoms with Gasteiger partial charge in [-0.1, -0.05) is 18.5 Å². The molecule has 0 spiro atoms. The molecule has 0 aliphatic heterocycles. The smallest absolute Gasteiger partial charge is 0.0785 e. The first-order valence-corrected chi connectivity index (χ1v) is 5.44. The molecular weight excluding hydrogens is 198 g/mol. The first kappa shape index (κ1) is 11.5. The minimum Gasteiger partial charge on any atom is -0.312 e. The van der Waals surface area contributed by atoms with Gasteiger partial charge in [0, 0.05) is 18.8 Å². The molecule has 0 radical (unpaired) electrons. The normalized spacial score (nSPS) is 15.4. The van der Waals surface area contributed by atoms with E-state index in [1.807, 2.05) is 10.9 Å². The molecule has 0 aliphatic rings. The van der Waals surface area contributed by atoms with Crippen LogP contribution in [0, 0.1) is 0 Å². The van der Waals surface area contributed by atoms with Crippen LogP contribution in [0.5, 0.6) is 0 Å². The summed E-state index contributed by atoms with van der Waals surface area (Å²) < 4.78 is 1.89. The van der Waals surface area contributed by atoms with Crippen molar-refractivity contribution in [2.45, 2.75) is 39.3 Å². The van der Waals surface area contributed by atoms with Gasteiger partial charge < -0.3 is 5.32 Å². The SMILES string of the molecule is CCC(C)NCC(C)n1cc(Cl)cn1. The molecule has 3 nitrogen and oxygen atoms in total. The van der Waals surface area contributed by atoms with Gasteiger partial charge in [0.2, 0.25) is 0 Å². The first-order chi connectivity index (χ1) is 6.63. The molecule has 80 valence electrons. The van der Waals surface area contributed by atoms with E-state index in [2.05, 4.69) is 31.2 Å². The average molecular weight is 216 g/mol. The van der Waals surface area contributed by atoms with E-state index >= 15 is 0 Å². The quantitative estimate of drug-likeness (QED) is 0.818. The van der Waals surface area contributed by atoms with E-state index in [-0.39, 0.29) is 0 Å². The lowest BCUT2D eigenvalue weighted by Gasteiger charge is -2.16. The van der Waals surface area contributed by atoms with Crippen LogP contribution >= 0.6 is 11.6 Å². The Morgan fingerprint density at radius 2 is 2.29 bits per heavy atom. The van der Waals surface area contributed by atoms with E-state index in [0.717, 1.165) is 13.0 Å². The fourth-order valence-corrected chi connectivity index (χ4v) is 1.31. The molecular formula is C10H18ClN3. The highest BCUT2D eigenvalue weighted by Crippen LogP contribution is 2.10. The highest BCUT2D eigenvalue weighted by molar-refractivity contribution is 6.30. The molecule has 14 heavy (non-hydrogen) atoms. The van der Waals surface area contributed by atoms with Gasteiger partial charge in [-0.05, 0) is 20.3 Å². The number of halogens is 1. The molecule has 2 unspecified atom stereocenters. The predicted molar refractivity (Wildman–Crippen MR) is 59.7 cm³/mol. The zero-order chi connectivity index (χ0) is 10.6. The van der Waals surface area contributed by atoms with Crippen LogP contribution < -0.4 is 5.32 Å². The van der Waals surface area contributed by atoms with Gasteiger partial charge in [-0.3, -0.25) is 4.68 Å². The molecule has 0 aromatic carbocycles. The minimum atomic E-state index is 0.344. The molecule has 0 fully saturated rings. The average Bonchev–Trinajstić information content (AvgIpc) is 2.60. The van der Waals surface area contributed by atoms with Crippen molar-refractivity contribution in [1.82, 2.24) is 15.1 Å². The lowest BCUT2D eigenvalue weighted by molar-refractivity contribution is 0.419. The van der Waals surface area contributed by atoms with Crippen LogP contribution in [-0.2, 0) is 0 Å². The summed E-state index contributed by atoms with van der Waals surface area (Å²) in [6.45, 7) is 7.40. The third kappa shape index (κ3) is 3.31. The van der Waals surface area contributed by atoms with E-state index in [1.54, 1.807) is 6.20 Å². The van der Waals surface area contributed by atoms with Crippen molar-refractivity contribution >= 4 is 11.6 Å². The zero-order valence-corrected chi connectivity index (χ0v) is 9.75. The molecule has 1 aromatic heterocycles. The summed E-state index contributed by atoms with van der Waals surface area (Å²) in [5, 5.41) is 8.29. The van der Waals surface area contributed by atoms with Crippen molar-refractivity contribution < 1.29 is 0 Å². The van der Waals surface area contributed by atoms with E-state index in [4.69, 9.17) is 11.6 Å². The second-order valence-electron chi connectivity index (χ2n) is 3.71. The molecule has 1 rings (SSSR count). The van der Waals surface area contributed by atoms with Crippen LogP contribution in [0.25, 0.3) is 0 Å². The second kappa shape index (κ2) is 5.37. The Balaban J connectivity index is 2.39. The number of nitrogens with one attached hydrogen (secondary N) is 1. The van der Waals surface area contributed by atoms with E-state index in [9.17, 15) is 0 Å². The largest absolute Gasteiger partial charge is 0.312 e. The molecule has 2 atom stereocenters. The summed E-state index contributed by atoms with van der Waals surface area (Å²) in [5.41, 5.74) is 0. The second-order valence-corrected chi connectivity index (χ2v) is 4.14. The number of aromatic nitrogens is 2. The Bertz CT molecular complexity index is 272. The zero-order valence-electron chi connectivity index (χ0n) is 9.00. The Morgan fingerprint density at radius 3 is 2.79 bits per heavy atom. The maximum absolute atomic E-state index is 5.79. The van der Waals surface area contributed by atoms with Crippen molar-refractivity contribution in [2.75, 3.05) is 6.54 Å². The third-order valence-corrected chi connectivity index (χ3v) is 2.59. The highest BCUT2D eigenvalue weighted by Gasteiger charge is 2.06. The van der Waals surface area contributed by atoms with Gasteiger partial charge in [-0.2, -0.15) is 5.10 Å². The lowest BCUT2D eigenvalue weighted by Crippen LogP contribution is -2.31. The topological polar surface area (TPSA) is 29.9 Å². The molecule has 0 amide bonds. The Labute approximate surface area is 90.4 Å². The van der Waals surface area contributed by atoms with E-state index < -0.39 is 0 Å². The number of hydrogen-bond donors (Lipinski definition) is 1. The Hall–Kier alpha value is -0.540. The van der Waals surface area contributed by atoms with Gasteiger partial charge >= 0.3 is 0 Å². The molecule has 1 heterocycles. The van der Waals surface area contributed by atoms with Crippen molar-refractivity contribution in [3.63, 3.8) is 0 Å². The summed E-state index contributed by atoms with van der Waals surface area (Å²) in [6.07, 6.45) is 4.67. The summed E-state index contributed by atoms with van der Waals surface area (Å²) in [4.78, 5) is 0. The summed E-state index contributed by atoms with van der Waals surface area (Å²) in [5.74, 6) is 0. The van der Waals surface area contributed by atoms with Crippen LogP contribution in [0.2, 0.25) is 5.02 Å². The molecule has 1 aromatic rings. The monoisotopic (exact) mass is 215 g/mol. The summed E-state index contributed by atoms with van der Waals surface area (Å²) in [7, 11) is 0. The first-order valence-electron chi connectivity index (χ1n) is 5.06. The molecule has 0 saturated heterocycles. The molecule has 0 saturated carbocycles. The van der Waals surface area contributed by atoms with Crippen LogP contribution in [0.1, 0.15) is 33.2 Å². The van der Waals surface area contributed by atoms with Crippen molar-refractivity contribution in [1.29, 1.82) is 0 Å². The van der Waals surface area contributed by atoms with Crippen molar-refractivity contribution in [3.8, 4) is 0 Å². The van der Waals surface area contributed by atoms with Gasteiger partial charge in [0.1, 0.15) is 0 Å². The predicted octanol–water partition coefficient (Wildman–Crippen LogP) is 2.49. The fraction of sp³-hybridized carbons (Fsp3) is 0.700. The molecule has 1 N–H and O–H groups in total. The number of nitrogens with zero attached hydrogens (tertiary/aromatic N) is 2. The van der Waals surface area contributed by atoms with Crippen LogP contribution in [0.3, 0.4) is 0 Å². The summed E-state index contributed by atoms with van der Waals surface area (Å²) >= 11 is 5.79. The highest BCUT2D eigenvalue weighted by atomic mass is 35.5. The maximum Gasteiger partial charge on any atom is 0.0785 e. The number of hydrogen-bond acceptors (Lipinski definition) is 2. The molecule has 0 aliphatic carbocycles. The minimum absolute atomic E-state index is 0.344. The fourth-order valence-electron chi connectivity index (χ4n) is 1.17. The van der Waals surface area contributed by atoms with Crippen molar-refractivity contribution in [3.05, 3.63) is 17.4 Å². The summed E-state index contributed by atoms with van der Waals surface area (Å²) in [6, 6.07) is 0.903. The van der Waals surface area contributed by atoms with E-state index in [0.29, 0.717) is 17.1 Å².